The second-order valence-electron chi connectivity index (χ2n) is 11.6. The van der Waals surface area contributed by atoms with Gasteiger partial charge in [0.2, 0.25) is 0 Å². The van der Waals surface area contributed by atoms with Gasteiger partial charge in [0.25, 0.3) is 0 Å². The molecule has 0 amide bonds. The van der Waals surface area contributed by atoms with Crippen LogP contribution in [0, 0.1) is 18.2 Å². The number of likely N-dealkylation sites (tertiary alicyclic amines) is 1. The molecule has 0 bridgehead atoms. The van der Waals surface area contributed by atoms with Gasteiger partial charge in [0, 0.05) is 37.6 Å². The third-order valence-corrected chi connectivity index (χ3v) is 8.40. The number of hydrogen-bond acceptors (Lipinski definition) is 8. The Morgan fingerprint density at radius 3 is 2.73 bits per heavy atom. The molecule has 0 radical (unpaired) electrons. The number of aryl methyl sites for hydroxylation is 1. The van der Waals surface area contributed by atoms with Gasteiger partial charge in [0.15, 0.2) is 5.65 Å². The summed E-state index contributed by atoms with van der Waals surface area (Å²) in [6, 6.07) is 7.42. The lowest BCUT2D eigenvalue weighted by molar-refractivity contribution is 0.170. The summed E-state index contributed by atoms with van der Waals surface area (Å²) in [5.41, 5.74) is 2.33. The molecule has 212 valence electrons. The summed E-state index contributed by atoms with van der Waals surface area (Å²) in [7, 11) is 0. The number of nitrogens with zero attached hydrogens (tertiary/aromatic N) is 5. The van der Waals surface area contributed by atoms with Crippen LogP contribution in [0.4, 0.5) is 10.2 Å². The molecule has 0 spiro atoms. The molecular weight excluding hydrogens is 507 g/mol. The van der Waals surface area contributed by atoms with Crippen molar-refractivity contribution < 1.29 is 13.9 Å². The Labute approximate surface area is 235 Å². The first-order valence-electron chi connectivity index (χ1n) is 14.5. The predicted octanol–water partition coefficient (Wildman–Crippen LogP) is 4.76. The molecule has 2 aromatic heterocycles. The maximum atomic E-state index is 15.2. The summed E-state index contributed by atoms with van der Waals surface area (Å²) in [5, 5.41) is 4.29. The van der Waals surface area contributed by atoms with E-state index in [1.807, 2.05) is 13.0 Å². The Morgan fingerprint density at radius 2 is 1.98 bits per heavy atom. The number of rotatable bonds is 10. The van der Waals surface area contributed by atoms with Crippen molar-refractivity contribution in [2.45, 2.75) is 45.6 Å². The van der Waals surface area contributed by atoms with Gasteiger partial charge < -0.3 is 24.6 Å². The minimum Gasteiger partial charge on any atom is -0.489 e. The van der Waals surface area contributed by atoms with Crippen molar-refractivity contribution >= 4 is 16.9 Å². The van der Waals surface area contributed by atoms with Gasteiger partial charge in [-0.3, -0.25) is 0 Å². The molecule has 2 saturated heterocycles. The number of fused-ring (bicyclic) bond motifs is 1. The van der Waals surface area contributed by atoms with Crippen LogP contribution in [0.2, 0.25) is 0 Å². The van der Waals surface area contributed by atoms with Gasteiger partial charge in [-0.15, -0.1) is 0 Å². The maximum absolute atomic E-state index is 15.2. The highest BCUT2D eigenvalue weighted by molar-refractivity contribution is 5.91. The third-order valence-electron chi connectivity index (χ3n) is 8.40. The summed E-state index contributed by atoms with van der Waals surface area (Å²) < 4.78 is 27.4. The maximum Gasteiger partial charge on any atom is 0.320 e. The average Bonchev–Trinajstić information content (AvgIpc) is 3.52. The predicted molar refractivity (Wildman–Crippen MR) is 156 cm³/mol. The standard InChI is InChI=1S/C31H39FN6O2/c1-4-16-39-25-9-7-8-24(32)26(25)27-21(2)17-23-28(34-27)35-30(36-29(23)38-15-12-33-18-22(38)3)40-20-31(10-11-31)19-37-13-5-6-14-37/h4,7-9,17,22,33H,1,5-6,10-16,18-20H2,2-3H3/t22-/m1/s1. The van der Waals surface area contributed by atoms with Crippen LogP contribution in [0.1, 0.15) is 38.2 Å². The van der Waals surface area contributed by atoms with Gasteiger partial charge in [0.1, 0.15) is 24.0 Å². The van der Waals surface area contributed by atoms with Gasteiger partial charge in [-0.1, -0.05) is 18.7 Å². The summed E-state index contributed by atoms with van der Waals surface area (Å²) in [5.74, 6) is 0.849. The first-order chi connectivity index (χ1) is 19.5. The van der Waals surface area contributed by atoms with Gasteiger partial charge in [-0.25, -0.2) is 9.37 Å². The Hall–Kier alpha value is -3.30. The van der Waals surface area contributed by atoms with E-state index in [4.69, 9.17) is 24.4 Å². The van der Waals surface area contributed by atoms with Gasteiger partial charge in [-0.05, 0) is 76.4 Å². The van der Waals surface area contributed by atoms with Crippen LogP contribution >= 0.6 is 0 Å². The molecular formula is C31H39FN6O2. The number of anilines is 1. The largest absolute Gasteiger partial charge is 0.489 e. The minimum atomic E-state index is -0.393. The first kappa shape index (κ1) is 26.9. The SMILES string of the molecule is C=CCOc1cccc(F)c1-c1nc2nc(OCC3(CN4CCCC4)CC3)nc(N3CCNC[C@H]3C)c2cc1C. The molecule has 0 unspecified atom stereocenters. The molecule has 1 aromatic carbocycles. The van der Waals surface area contributed by atoms with Gasteiger partial charge >= 0.3 is 6.01 Å². The fourth-order valence-electron chi connectivity index (χ4n) is 5.97. The van der Waals surface area contributed by atoms with Crippen LogP contribution in [0.25, 0.3) is 22.3 Å². The summed E-state index contributed by atoms with van der Waals surface area (Å²) in [4.78, 5) is 19.5. The Kier molecular flexibility index (Phi) is 7.59. The molecule has 6 rings (SSSR count). The van der Waals surface area contributed by atoms with Crippen LogP contribution in [-0.4, -0.2) is 78.4 Å². The average molecular weight is 547 g/mol. The summed E-state index contributed by atoms with van der Waals surface area (Å²) in [6.07, 6.45) is 6.55. The van der Waals surface area contributed by atoms with Crippen LogP contribution < -0.4 is 19.7 Å². The highest BCUT2D eigenvalue weighted by Crippen LogP contribution is 2.47. The summed E-state index contributed by atoms with van der Waals surface area (Å²) >= 11 is 0. The van der Waals surface area contributed by atoms with Crippen LogP contribution in [0.3, 0.4) is 0 Å². The number of hydrogen-bond donors (Lipinski definition) is 1. The number of halogens is 1. The normalized spacial score (nSPS) is 20.6. The van der Waals surface area contributed by atoms with E-state index in [0.717, 1.165) is 42.9 Å². The van der Waals surface area contributed by atoms with Crippen molar-refractivity contribution in [1.82, 2.24) is 25.2 Å². The molecule has 1 saturated carbocycles. The number of piperazine rings is 1. The number of benzene rings is 1. The number of ether oxygens (including phenoxy) is 2. The highest BCUT2D eigenvalue weighted by atomic mass is 19.1. The number of aromatic nitrogens is 3. The Bertz CT molecular complexity index is 1390. The second-order valence-corrected chi connectivity index (χ2v) is 11.6. The molecule has 4 heterocycles. The molecule has 2 aliphatic heterocycles. The van der Waals surface area contributed by atoms with E-state index in [2.05, 4.69) is 28.6 Å². The van der Waals surface area contributed by atoms with Gasteiger partial charge in [-0.2, -0.15) is 9.97 Å². The molecule has 9 heteroatoms. The van der Waals surface area contributed by atoms with Crippen molar-refractivity contribution in [1.29, 1.82) is 0 Å². The molecule has 3 aliphatic rings. The van der Waals surface area contributed by atoms with Crippen LogP contribution in [-0.2, 0) is 0 Å². The second kappa shape index (κ2) is 11.3. The zero-order valence-electron chi connectivity index (χ0n) is 23.6. The molecule has 1 atom stereocenters. The lowest BCUT2D eigenvalue weighted by Gasteiger charge is -2.35. The molecule has 8 nitrogen and oxygen atoms in total. The van der Waals surface area contributed by atoms with E-state index in [1.54, 1.807) is 18.2 Å². The number of nitrogens with one attached hydrogen (secondary N) is 1. The van der Waals surface area contributed by atoms with Gasteiger partial charge in [0.05, 0.1) is 23.3 Å². The van der Waals surface area contributed by atoms with E-state index >= 15 is 4.39 Å². The summed E-state index contributed by atoms with van der Waals surface area (Å²) in [6.45, 7) is 14.7. The first-order valence-corrected chi connectivity index (χ1v) is 14.5. The molecule has 1 N–H and O–H groups in total. The molecule has 1 aliphatic carbocycles. The highest BCUT2D eigenvalue weighted by Gasteiger charge is 2.45. The lowest BCUT2D eigenvalue weighted by Crippen LogP contribution is -2.50. The van der Waals surface area contributed by atoms with Crippen LogP contribution in [0.15, 0.2) is 36.9 Å². The van der Waals surface area contributed by atoms with Crippen molar-refractivity contribution in [2.24, 2.45) is 5.41 Å². The smallest absolute Gasteiger partial charge is 0.320 e. The third kappa shape index (κ3) is 5.49. The zero-order chi connectivity index (χ0) is 27.7. The van der Waals surface area contributed by atoms with Crippen molar-refractivity contribution in [3.8, 4) is 23.0 Å². The fourth-order valence-corrected chi connectivity index (χ4v) is 5.97. The Morgan fingerprint density at radius 1 is 1.15 bits per heavy atom. The van der Waals surface area contributed by atoms with E-state index in [-0.39, 0.29) is 18.1 Å². The van der Waals surface area contributed by atoms with Crippen molar-refractivity contribution in [3.05, 3.63) is 48.3 Å². The van der Waals surface area contributed by atoms with E-state index in [1.165, 1.54) is 44.8 Å². The monoisotopic (exact) mass is 546 g/mol. The zero-order valence-corrected chi connectivity index (χ0v) is 23.6. The van der Waals surface area contributed by atoms with Crippen LogP contribution in [0.5, 0.6) is 11.8 Å². The van der Waals surface area contributed by atoms with E-state index in [9.17, 15) is 0 Å². The topological polar surface area (TPSA) is 75.6 Å². The van der Waals surface area contributed by atoms with E-state index in [0.29, 0.717) is 35.3 Å². The molecule has 3 aromatic rings. The quantitative estimate of drug-likeness (QED) is 0.365. The van der Waals surface area contributed by atoms with E-state index < -0.39 is 5.82 Å². The minimum absolute atomic E-state index is 0.182. The van der Waals surface area contributed by atoms with Crippen molar-refractivity contribution in [3.63, 3.8) is 0 Å². The number of pyridine rings is 1. The van der Waals surface area contributed by atoms with Crippen molar-refractivity contribution in [2.75, 3.05) is 57.4 Å². The fraction of sp³-hybridized carbons (Fsp3) is 0.516. The lowest BCUT2D eigenvalue weighted by atomic mass is 10.0. The molecule has 3 fully saturated rings. The molecule has 40 heavy (non-hydrogen) atoms. The Balaban J connectivity index is 1.39.